The van der Waals surface area contributed by atoms with Crippen LogP contribution in [0.1, 0.15) is 17.9 Å². The summed E-state index contributed by atoms with van der Waals surface area (Å²) in [5, 5.41) is 2.85. The van der Waals surface area contributed by atoms with Crippen LogP contribution in [0.4, 0.5) is 0 Å². The van der Waals surface area contributed by atoms with Gasteiger partial charge in [-0.3, -0.25) is 4.79 Å². The summed E-state index contributed by atoms with van der Waals surface area (Å²) in [6, 6.07) is 7.98. The maximum atomic E-state index is 11.2. The molecule has 1 N–H and O–H groups in total. The lowest BCUT2D eigenvalue weighted by Gasteiger charge is -2.10. The first-order chi connectivity index (χ1) is 8.31. The molecule has 0 saturated carbocycles. The number of carbonyl (C=O) groups is 1. The van der Waals surface area contributed by atoms with Gasteiger partial charge in [-0.15, -0.1) is 0 Å². The van der Waals surface area contributed by atoms with Gasteiger partial charge in [0.15, 0.2) is 0 Å². The number of rotatable bonds is 4. The second-order valence-electron chi connectivity index (χ2n) is 4.54. The molecule has 0 bridgehead atoms. The monoisotopic (exact) mass is 233 g/mol. The van der Waals surface area contributed by atoms with Crippen molar-refractivity contribution in [3.8, 4) is 5.75 Å². The van der Waals surface area contributed by atoms with Gasteiger partial charge in [0, 0.05) is 18.9 Å². The molecule has 1 aromatic carbocycles. The van der Waals surface area contributed by atoms with E-state index in [0.717, 1.165) is 24.5 Å². The van der Waals surface area contributed by atoms with Crippen LogP contribution in [0.2, 0.25) is 0 Å². The number of benzene rings is 1. The number of epoxide rings is 1. The zero-order valence-electron chi connectivity index (χ0n) is 9.52. The number of carbonyl (C=O) groups excluding carboxylic acids is 1. The Hall–Kier alpha value is -1.55. The third-order valence-electron chi connectivity index (χ3n) is 3.15. The predicted molar refractivity (Wildman–Crippen MR) is 62.0 cm³/mol. The third-order valence-corrected chi connectivity index (χ3v) is 3.15. The van der Waals surface area contributed by atoms with Crippen LogP contribution in [-0.2, 0) is 9.53 Å². The molecule has 2 unspecified atom stereocenters. The molecule has 3 rings (SSSR count). The summed E-state index contributed by atoms with van der Waals surface area (Å²) in [5.41, 5.74) is 1.16. The summed E-state index contributed by atoms with van der Waals surface area (Å²) in [5.74, 6) is 1.27. The van der Waals surface area contributed by atoms with Crippen LogP contribution >= 0.6 is 0 Å². The Balaban J connectivity index is 1.67. The lowest BCUT2D eigenvalue weighted by atomic mass is 9.98. The molecule has 2 heterocycles. The topological polar surface area (TPSA) is 50.9 Å². The summed E-state index contributed by atoms with van der Waals surface area (Å²) in [4.78, 5) is 11.2. The largest absolute Gasteiger partial charge is 0.491 e. The molecule has 0 aromatic heterocycles. The lowest BCUT2D eigenvalue weighted by Crippen LogP contribution is -2.13. The fourth-order valence-electron chi connectivity index (χ4n) is 2.05. The summed E-state index contributed by atoms with van der Waals surface area (Å²) in [6.45, 7) is 2.15. The van der Waals surface area contributed by atoms with Crippen LogP contribution in [0.15, 0.2) is 24.3 Å². The first kappa shape index (κ1) is 10.6. The Morgan fingerprint density at radius 1 is 1.47 bits per heavy atom. The molecule has 90 valence electrons. The van der Waals surface area contributed by atoms with E-state index >= 15 is 0 Å². The van der Waals surface area contributed by atoms with Crippen LogP contribution in [0.25, 0.3) is 0 Å². The van der Waals surface area contributed by atoms with Crippen molar-refractivity contribution in [2.75, 3.05) is 19.8 Å². The Labute approximate surface area is 99.9 Å². The summed E-state index contributed by atoms with van der Waals surface area (Å²) in [7, 11) is 0. The van der Waals surface area contributed by atoms with Crippen molar-refractivity contribution in [2.45, 2.75) is 18.4 Å². The van der Waals surface area contributed by atoms with Crippen LogP contribution in [0, 0.1) is 0 Å². The molecule has 2 fully saturated rings. The lowest BCUT2D eigenvalue weighted by molar-refractivity contribution is -0.119. The van der Waals surface area contributed by atoms with Gasteiger partial charge in [-0.1, -0.05) is 12.1 Å². The summed E-state index contributed by atoms with van der Waals surface area (Å²) < 4.78 is 10.7. The smallest absolute Gasteiger partial charge is 0.220 e. The highest BCUT2D eigenvalue weighted by Gasteiger charge is 2.24. The minimum Gasteiger partial charge on any atom is -0.491 e. The van der Waals surface area contributed by atoms with Crippen molar-refractivity contribution >= 4 is 5.91 Å². The maximum Gasteiger partial charge on any atom is 0.220 e. The van der Waals surface area contributed by atoms with Crippen molar-refractivity contribution < 1.29 is 14.3 Å². The normalized spacial score (nSPS) is 26.7. The highest BCUT2D eigenvalue weighted by Crippen LogP contribution is 2.26. The molecule has 2 atom stereocenters. The standard InChI is InChI=1S/C13H15NO3/c15-13-5-10(6-14-13)9-2-1-3-11(4-9)16-7-12-8-17-12/h1-4,10,12H,5-8H2,(H,14,15). The van der Waals surface area contributed by atoms with E-state index in [0.29, 0.717) is 13.0 Å². The Morgan fingerprint density at radius 3 is 3.06 bits per heavy atom. The SMILES string of the molecule is O=C1CC(c2cccc(OCC3CO3)c2)CN1. The highest BCUT2D eigenvalue weighted by atomic mass is 16.6. The number of nitrogens with one attached hydrogen (secondary N) is 1. The average molecular weight is 233 g/mol. The molecule has 2 aliphatic heterocycles. The van der Waals surface area contributed by atoms with E-state index in [9.17, 15) is 4.79 Å². The molecule has 1 amide bonds. The second kappa shape index (κ2) is 4.37. The third kappa shape index (κ3) is 2.58. The van der Waals surface area contributed by atoms with Gasteiger partial charge in [0.05, 0.1) is 6.61 Å². The molecule has 4 nitrogen and oxygen atoms in total. The minimum atomic E-state index is 0.132. The first-order valence-electron chi connectivity index (χ1n) is 5.92. The summed E-state index contributed by atoms with van der Waals surface area (Å²) in [6.07, 6.45) is 0.850. The fraction of sp³-hybridized carbons (Fsp3) is 0.462. The van der Waals surface area contributed by atoms with Crippen molar-refractivity contribution in [3.63, 3.8) is 0 Å². The van der Waals surface area contributed by atoms with E-state index in [4.69, 9.17) is 9.47 Å². The molecule has 2 saturated heterocycles. The van der Waals surface area contributed by atoms with E-state index in [-0.39, 0.29) is 17.9 Å². The Bertz CT molecular complexity index is 428. The molecule has 0 aliphatic carbocycles. The number of hydrogen-bond acceptors (Lipinski definition) is 3. The molecule has 2 aliphatic rings. The Kier molecular flexibility index (Phi) is 2.73. The van der Waals surface area contributed by atoms with Crippen molar-refractivity contribution in [2.24, 2.45) is 0 Å². The second-order valence-corrected chi connectivity index (χ2v) is 4.54. The van der Waals surface area contributed by atoms with E-state index < -0.39 is 0 Å². The van der Waals surface area contributed by atoms with Crippen LogP contribution in [0.3, 0.4) is 0 Å². The van der Waals surface area contributed by atoms with E-state index in [2.05, 4.69) is 5.32 Å². The summed E-state index contributed by atoms with van der Waals surface area (Å²) >= 11 is 0. The predicted octanol–water partition coefficient (Wildman–Crippen LogP) is 1.07. The number of amides is 1. The van der Waals surface area contributed by atoms with E-state index in [1.54, 1.807) is 0 Å². The van der Waals surface area contributed by atoms with Gasteiger partial charge < -0.3 is 14.8 Å². The number of hydrogen-bond donors (Lipinski definition) is 1. The van der Waals surface area contributed by atoms with E-state index in [1.807, 2.05) is 24.3 Å². The average Bonchev–Trinajstić information content (AvgIpc) is 3.08. The van der Waals surface area contributed by atoms with Gasteiger partial charge in [-0.05, 0) is 17.7 Å². The maximum absolute atomic E-state index is 11.2. The van der Waals surface area contributed by atoms with Crippen LogP contribution < -0.4 is 10.1 Å². The zero-order chi connectivity index (χ0) is 11.7. The molecule has 17 heavy (non-hydrogen) atoms. The molecular weight excluding hydrogens is 218 g/mol. The minimum absolute atomic E-state index is 0.132. The van der Waals surface area contributed by atoms with Gasteiger partial charge in [-0.25, -0.2) is 0 Å². The number of ether oxygens (including phenoxy) is 2. The molecule has 4 heteroatoms. The molecular formula is C13H15NO3. The molecule has 1 aromatic rings. The molecule has 0 spiro atoms. The fourth-order valence-corrected chi connectivity index (χ4v) is 2.05. The van der Waals surface area contributed by atoms with Gasteiger partial charge in [-0.2, -0.15) is 0 Å². The van der Waals surface area contributed by atoms with Gasteiger partial charge in [0.25, 0.3) is 0 Å². The highest BCUT2D eigenvalue weighted by molar-refractivity contribution is 5.79. The van der Waals surface area contributed by atoms with Crippen LogP contribution in [0.5, 0.6) is 5.75 Å². The van der Waals surface area contributed by atoms with Crippen molar-refractivity contribution in [3.05, 3.63) is 29.8 Å². The van der Waals surface area contributed by atoms with E-state index in [1.165, 1.54) is 0 Å². The van der Waals surface area contributed by atoms with Gasteiger partial charge >= 0.3 is 0 Å². The van der Waals surface area contributed by atoms with Gasteiger partial charge in [0.1, 0.15) is 18.5 Å². The molecule has 0 radical (unpaired) electrons. The van der Waals surface area contributed by atoms with Crippen molar-refractivity contribution in [1.82, 2.24) is 5.32 Å². The first-order valence-corrected chi connectivity index (χ1v) is 5.92. The van der Waals surface area contributed by atoms with Gasteiger partial charge in [0.2, 0.25) is 5.91 Å². The van der Waals surface area contributed by atoms with Crippen LogP contribution in [-0.4, -0.2) is 31.8 Å². The quantitative estimate of drug-likeness (QED) is 0.791. The Morgan fingerprint density at radius 2 is 2.35 bits per heavy atom. The van der Waals surface area contributed by atoms with Crippen molar-refractivity contribution in [1.29, 1.82) is 0 Å². The zero-order valence-corrected chi connectivity index (χ0v) is 9.52.